The summed E-state index contributed by atoms with van der Waals surface area (Å²) >= 11 is 5.24. The number of methoxy groups -OCH3 is 1. The highest BCUT2D eigenvalue weighted by Gasteiger charge is 2.21. The first-order valence-electron chi connectivity index (χ1n) is 6.35. The van der Waals surface area contributed by atoms with Crippen LogP contribution in [0.1, 0.15) is 18.4 Å². The SMILES string of the molecule is COc1ccc2occ(CNC(=S)NC3CC3)c2c1. The fraction of sp³-hybridized carbons (Fsp3) is 0.357. The molecule has 2 aromatic rings. The maximum atomic E-state index is 5.52. The van der Waals surface area contributed by atoms with Gasteiger partial charge in [0, 0.05) is 23.5 Å². The number of hydrogen-bond acceptors (Lipinski definition) is 3. The van der Waals surface area contributed by atoms with Crippen molar-refractivity contribution in [2.75, 3.05) is 7.11 Å². The van der Waals surface area contributed by atoms with E-state index in [2.05, 4.69) is 10.6 Å². The Hall–Kier alpha value is -1.75. The molecule has 1 saturated carbocycles. The summed E-state index contributed by atoms with van der Waals surface area (Å²) < 4.78 is 10.7. The van der Waals surface area contributed by atoms with Crippen LogP contribution in [0.15, 0.2) is 28.9 Å². The highest BCUT2D eigenvalue weighted by molar-refractivity contribution is 7.80. The first kappa shape index (κ1) is 12.3. The third-order valence-electron chi connectivity index (χ3n) is 3.21. The summed E-state index contributed by atoms with van der Waals surface area (Å²) in [6.07, 6.45) is 4.19. The number of furan rings is 1. The van der Waals surface area contributed by atoms with Crippen LogP contribution < -0.4 is 15.4 Å². The lowest BCUT2D eigenvalue weighted by Gasteiger charge is -2.08. The van der Waals surface area contributed by atoms with Gasteiger partial charge >= 0.3 is 0 Å². The second kappa shape index (κ2) is 5.09. The largest absolute Gasteiger partial charge is 0.497 e. The highest BCUT2D eigenvalue weighted by Crippen LogP contribution is 2.25. The van der Waals surface area contributed by atoms with Crippen molar-refractivity contribution >= 4 is 28.3 Å². The number of benzene rings is 1. The van der Waals surface area contributed by atoms with Crippen LogP contribution in [0.4, 0.5) is 0 Å². The number of thiocarbonyl (C=S) groups is 1. The van der Waals surface area contributed by atoms with Crippen LogP contribution in [0.2, 0.25) is 0 Å². The zero-order valence-corrected chi connectivity index (χ0v) is 11.5. The van der Waals surface area contributed by atoms with Gasteiger partial charge in [0.1, 0.15) is 11.3 Å². The van der Waals surface area contributed by atoms with Gasteiger partial charge in [-0.15, -0.1) is 0 Å². The predicted octanol–water partition coefficient (Wildman–Crippen LogP) is 2.57. The first-order valence-corrected chi connectivity index (χ1v) is 6.75. The maximum absolute atomic E-state index is 5.52. The first-order chi connectivity index (χ1) is 9.26. The number of fused-ring (bicyclic) bond motifs is 1. The molecule has 2 N–H and O–H groups in total. The zero-order valence-electron chi connectivity index (χ0n) is 10.7. The molecule has 0 amide bonds. The minimum absolute atomic E-state index is 0.571. The standard InChI is InChI=1S/C14H16N2O2S/c1-17-11-4-5-13-12(6-11)9(8-18-13)7-15-14(19)16-10-2-3-10/h4-6,8,10H,2-3,7H2,1H3,(H2,15,16,19). The fourth-order valence-corrected chi connectivity index (χ4v) is 2.20. The Morgan fingerprint density at radius 3 is 3.05 bits per heavy atom. The molecule has 1 aromatic heterocycles. The van der Waals surface area contributed by atoms with Crippen molar-refractivity contribution in [3.05, 3.63) is 30.0 Å². The maximum Gasteiger partial charge on any atom is 0.166 e. The van der Waals surface area contributed by atoms with Crippen molar-refractivity contribution in [2.45, 2.75) is 25.4 Å². The van der Waals surface area contributed by atoms with E-state index in [1.54, 1.807) is 13.4 Å². The zero-order chi connectivity index (χ0) is 13.2. The third kappa shape index (κ3) is 2.81. The lowest BCUT2D eigenvalue weighted by atomic mass is 10.1. The highest BCUT2D eigenvalue weighted by atomic mass is 32.1. The molecular formula is C14H16N2O2S. The molecule has 1 heterocycles. The van der Waals surface area contributed by atoms with Gasteiger partial charge in [0.15, 0.2) is 5.11 Å². The molecule has 1 aliphatic rings. The van der Waals surface area contributed by atoms with E-state index >= 15 is 0 Å². The van der Waals surface area contributed by atoms with Gasteiger partial charge in [-0.3, -0.25) is 0 Å². The average Bonchev–Trinajstić information content (AvgIpc) is 3.14. The normalized spacial score (nSPS) is 14.4. The van der Waals surface area contributed by atoms with Gasteiger partial charge in [0.2, 0.25) is 0 Å². The Kier molecular flexibility index (Phi) is 3.29. The second-order valence-corrected chi connectivity index (χ2v) is 5.13. The van der Waals surface area contributed by atoms with Gasteiger partial charge < -0.3 is 19.8 Å². The van der Waals surface area contributed by atoms with Crippen molar-refractivity contribution < 1.29 is 9.15 Å². The molecule has 100 valence electrons. The minimum Gasteiger partial charge on any atom is -0.497 e. The second-order valence-electron chi connectivity index (χ2n) is 4.72. The summed E-state index contributed by atoms with van der Waals surface area (Å²) in [5.74, 6) is 0.828. The molecular weight excluding hydrogens is 260 g/mol. The van der Waals surface area contributed by atoms with Gasteiger partial charge in [0.25, 0.3) is 0 Å². The predicted molar refractivity (Wildman–Crippen MR) is 78.4 cm³/mol. The van der Waals surface area contributed by atoms with Gasteiger partial charge in [-0.25, -0.2) is 0 Å². The van der Waals surface area contributed by atoms with Gasteiger partial charge in [-0.05, 0) is 43.3 Å². The smallest absolute Gasteiger partial charge is 0.166 e. The molecule has 0 radical (unpaired) electrons. The average molecular weight is 276 g/mol. The summed E-state index contributed by atoms with van der Waals surface area (Å²) in [5.41, 5.74) is 1.94. The lowest BCUT2D eigenvalue weighted by Crippen LogP contribution is -2.35. The monoisotopic (exact) mass is 276 g/mol. The van der Waals surface area contributed by atoms with E-state index in [-0.39, 0.29) is 0 Å². The summed E-state index contributed by atoms with van der Waals surface area (Å²) in [7, 11) is 1.66. The summed E-state index contributed by atoms with van der Waals surface area (Å²) in [5, 5.41) is 8.22. The van der Waals surface area contributed by atoms with Crippen LogP contribution in [-0.2, 0) is 6.54 Å². The van der Waals surface area contributed by atoms with Crippen LogP contribution in [-0.4, -0.2) is 18.3 Å². The van der Waals surface area contributed by atoms with E-state index < -0.39 is 0 Å². The number of rotatable bonds is 4. The topological polar surface area (TPSA) is 46.4 Å². The molecule has 5 heteroatoms. The van der Waals surface area contributed by atoms with Crippen molar-refractivity contribution in [2.24, 2.45) is 0 Å². The molecule has 0 spiro atoms. The van der Waals surface area contributed by atoms with Gasteiger partial charge in [0.05, 0.1) is 13.4 Å². The number of ether oxygens (including phenoxy) is 1. The van der Waals surface area contributed by atoms with Crippen molar-refractivity contribution in [1.29, 1.82) is 0 Å². The van der Waals surface area contributed by atoms with Crippen LogP contribution >= 0.6 is 12.2 Å². The molecule has 0 saturated heterocycles. The third-order valence-corrected chi connectivity index (χ3v) is 3.47. The molecule has 3 rings (SSSR count). The fourth-order valence-electron chi connectivity index (χ4n) is 1.96. The molecule has 0 aliphatic heterocycles. The Bertz CT molecular complexity index is 605. The van der Waals surface area contributed by atoms with E-state index in [1.165, 1.54) is 12.8 Å². The Balaban J connectivity index is 1.70. The van der Waals surface area contributed by atoms with E-state index in [0.717, 1.165) is 22.3 Å². The van der Waals surface area contributed by atoms with Crippen molar-refractivity contribution in [3.63, 3.8) is 0 Å². The summed E-state index contributed by atoms with van der Waals surface area (Å²) in [4.78, 5) is 0. The molecule has 19 heavy (non-hydrogen) atoms. The van der Waals surface area contributed by atoms with Crippen LogP contribution in [0.25, 0.3) is 11.0 Å². The molecule has 0 bridgehead atoms. The molecule has 0 atom stereocenters. The van der Waals surface area contributed by atoms with Gasteiger partial charge in [-0.2, -0.15) is 0 Å². The van der Waals surface area contributed by atoms with E-state index in [9.17, 15) is 0 Å². The summed E-state index contributed by atoms with van der Waals surface area (Å²) in [6.45, 7) is 0.652. The number of nitrogens with one attached hydrogen (secondary N) is 2. The minimum atomic E-state index is 0.571. The number of hydrogen-bond donors (Lipinski definition) is 2. The summed E-state index contributed by atoms with van der Waals surface area (Å²) in [6, 6.07) is 6.36. The Morgan fingerprint density at radius 1 is 1.47 bits per heavy atom. The molecule has 4 nitrogen and oxygen atoms in total. The van der Waals surface area contributed by atoms with Gasteiger partial charge in [-0.1, -0.05) is 0 Å². The van der Waals surface area contributed by atoms with E-state index in [4.69, 9.17) is 21.4 Å². The molecule has 0 unspecified atom stereocenters. The van der Waals surface area contributed by atoms with E-state index in [0.29, 0.717) is 17.7 Å². The van der Waals surface area contributed by atoms with Crippen molar-refractivity contribution in [3.8, 4) is 5.75 Å². The Labute approximate surface area is 117 Å². The molecule has 1 aromatic carbocycles. The quantitative estimate of drug-likeness (QED) is 0.840. The molecule has 1 fully saturated rings. The van der Waals surface area contributed by atoms with Crippen molar-refractivity contribution in [1.82, 2.24) is 10.6 Å². The van der Waals surface area contributed by atoms with E-state index in [1.807, 2.05) is 18.2 Å². The molecule has 1 aliphatic carbocycles. The Morgan fingerprint density at radius 2 is 2.32 bits per heavy atom. The van der Waals surface area contributed by atoms with Crippen LogP contribution in [0, 0.1) is 0 Å². The van der Waals surface area contributed by atoms with Crippen LogP contribution in [0.3, 0.4) is 0 Å². The lowest BCUT2D eigenvalue weighted by molar-refractivity contribution is 0.415. The van der Waals surface area contributed by atoms with Crippen LogP contribution in [0.5, 0.6) is 5.75 Å².